The molecule has 0 bridgehead atoms. The van der Waals surface area contributed by atoms with Crippen LogP contribution in [0.25, 0.3) is 0 Å². The van der Waals surface area contributed by atoms with Crippen molar-refractivity contribution >= 4 is 49.1 Å². The Morgan fingerprint density at radius 3 is 2.74 bits per heavy atom. The third-order valence-corrected chi connectivity index (χ3v) is 4.70. The molecule has 0 unspecified atom stereocenters. The van der Waals surface area contributed by atoms with Crippen molar-refractivity contribution < 1.29 is 4.39 Å². The number of rotatable bonds is 3. The molecular weight excluding hydrogens is 396 g/mol. The molecule has 0 saturated heterocycles. The Labute approximate surface area is 133 Å². The predicted octanol–water partition coefficient (Wildman–Crippen LogP) is 5.92. The highest BCUT2D eigenvalue weighted by molar-refractivity contribution is 9.11. The van der Waals surface area contributed by atoms with Crippen molar-refractivity contribution in [3.63, 3.8) is 0 Å². The van der Waals surface area contributed by atoms with E-state index >= 15 is 0 Å². The Hall–Kier alpha value is -0.580. The first kappa shape index (κ1) is 14.8. The van der Waals surface area contributed by atoms with Crippen LogP contribution in [0.2, 0.25) is 5.02 Å². The molecule has 0 fully saturated rings. The maximum absolute atomic E-state index is 13.4. The summed E-state index contributed by atoms with van der Waals surface area (Å²) < 4.78 is 14.8. The van der Waals surface area contributed by atoms with E-state index in [0.717, 1.165) is 21.3 Å². The van der Waals surface area contributed by atoms with Crippen molar-refractivity contribution in [1.29, 1.82) is 0 Å². The zero-order valence-electron chi connectivity index (χ0n) is 10.1. The van der Waals surface area contributed by atoms with Crippen molar-refractivity contribution in [1.82, 2.24) is 0 Å². The summed E-state index contributed by atoms with van der Waals surface area (Å²) in [6.07, 6.45) is 0. The summed E-state index contributed by atoms with van der Waals surface area (Å²) >= 11 is 12.8. The van der Waals surface area contributed by atoms with Crippen LogP contribution in [0.4, 0.5) is 10.1 Å². The summed E-state index contributed by atoms with van der Waals surface area (Å²) in [4.78, 5) is 0. The van der Waals surface area contributed by atoms with Crippen LogP contribution in [-0.4, -0.2) is 0 Å². The fraction of sp³-hybridized carbons (Fsp3) is 0.143. The molecule has 100 valence electrons. The van der Waals surface area contributed by atoms with E-state index in [1.54, 1.807) is 6.07 Å². The van der Waals surface area contributed by atoms with Crippen molar-refractivity contribution in [2.75, 3.05) is 5.32 Å². The number of hydrogen-bond acceptors (Lipinski definition) is 1. The van der Waals surface area contributed by atoms with Gasteiger partial charge in [-0.25, -0.2) is 4.39 Å². The molecule has 0 spiro atoms. The zero-order valence-corrected chi connectivity index (χ0v) is 14.0. The average Bonchev–Trinajstić information content (AvgIpc) is 2.37. The van der Waals surface area contributed by atoms with E-state index in [2.05, 4.69) is 37.2 Å². The second kappa shape index (κ2) is 6.25. The van der Waals surface area contributed by atoms with E-state index in [1.165, 1.54) is 6.07 Å². The number of hydrogen-bond donors (Lipinski definition) is 1. The van der Waals surface area contributed by atoms with E-state index in [0.29, 0.717) is 16.0 Å². The summed E-state index contributed by atoms with van der Waals surface area (Å²) in [5, 5.41) is 3.94. The second-order valence-corrected chi connectivity index (χ2v) is 6.20. The lowest BCUT2D eigenvalue weighted by Crippen LogP contribution is -2.02. The number of benzene rings is 2. The quantitative estimate of drug-likeness (QED) is 0.665. The first-order chi connectivity index (χ1) is 8.99. The molecule has 0 amide bonds. The summed E-state index contributed by atoms with van der Waals surface area (Å²) in [6.45, 7) is 2.45. The van der Waals surface area contributed by atoms with E-state index < -0.39 is 0 Å². The summed E-state index contributed by atoms with van der Waals surface area (Å²) in [7, 11) is 0. The molecule has 5 heteroatoms. The van der Waals surface area contributed by atoms with E-state index in [9.17, 15) is 4.39 Å². The number of aryl methyl sites for hydroxylation is 1. The molecule has 0 atom stereocenters. The van der Waals surface area contributed by atoms with Crippen molar-refractivity contribution in [3.05, 3.63) is 61.2 Å². The van der Waals surface area contributed by atoms with Crippen LogP contribution in [0.15, 0.2) is 39.3 Å². The number of anilines is 1. The minimum atomic E-state index is -0.264. The summed E-state index contributed by atoms with van der Waals surface area (Å²) in [5.41, 5.74) is 2.74. The highest BCUT2D eigenvalue weighted by Gasteiger charge is 2.07. The molecule has 2 rings (SSSR count). The smallest absolute Gasteiger partial charge is 0.137 e. The highest BCUT2D eigenvalue weighted by Crippen LogP contribution is 2.30. The second-order valence-electron chi connectivity index (χ2n) is 4.15. The van der Waals surface area contributed by atoms with Gasteiger partial charge in [0.05, 0.1) is 10.2 Å². The van der Waals surface area contributed by atoms with Gasteiger partial charge in [0.1, 0.15) is 5.82 Å². The third-order valence-electron chi connectivity index (χ3n) is 2.75. The molecule has 1 N–H and O–H groups in total. The maximum Gasteiger partial charge on any atom is 0.137 e. The van der Waals surface area contributed by atoms with E-state index in [4.69, 9.17) is 11.6 Å². The molecule has 0 heterocycles. The van der Waals surface area contributed by atoms with Crippen LogP contribution in [0.1, 0.15) is 11.1 Å². The van der Waals surface area contributed by atoms with Gasteiger partial charge in [0.25, 0.3) is 0 Å². The molecule has 0 aromatic heterocycles. The Morgan fingerprint density at radius 2 is 2.00 bits per heavy atom. The Kier molecular flexibility index (Phi) is 4.87. The maximum atomic E-state index is 13.4. The first-order valence-electron chi connectivity index (χ1n) is 5.61. The summed E-state index contributed by atoms with van der Waals surface area (Å²) in [5.74, 6) is -0.264. The number of halogens is 4. The first-order valence-corrected chi connectivity index (χ1v) is 7.58. The van der Waals surface area contributed by atoms with Crippen LogP contribution in [0.5, 0.6) is 0 Å². The SMILES string of the molecule is Cc1cc(Br)c(NCc2cccc(F)c2Br)cc1Cl. The molecule has 0 aliphatic carbocycles. The standard InChI is InChI=1S/C14H11Br2ClFN/c1-8-5-10(15)13(6-11(8)17)19-7-9-3-2-4-12(18)14(9)16/h2-6,19H,7H2,1H3. The largest absolute Gasteiger partial charge is 0.380 e. The lowest BCUT2D eigenvalue weighted by molar-refractivity contribution is 0.618. The zero-order chi connectivity index (χ0) is 14.0. The van der Waals surface area contributed by atoms with Gasteiger partial charge in [0.15, 0.2) is 0 Å². The third kappa shape index (κ3) is 3.50. The molecule has 0 saturated carbocycles. The average molecular weight is 408 g/mol. The minimum absolute atomic E-state index is 0.264. The van der Waals surface area contributed by atoms with Crippen molar-refractivity contribution in [2.24, 2.45) is 0 Å². The van der Waals surface area contributed by atoms with Gasteiger partial charge < -0.3 is 5.32 Å². The molecule has 2 aromatic carbocycles. The molecule has 2 aromatic rings. The monoisotopic (exact) mass is 405 g/mol. The van der Waals surface area contributed by atoms with Crippen molar-refractivity contribution in [2.45, 2.75) is 13.5 Å². The van der Waals surface area contributed by atoms with Crippen LogP contribution in [0.3, 0.4) is 0 Å². The Morgan fingerprint density at radius 1 is 1.26 bits per heavy atom. The van der Waals surface area contributed by atoms with Gasteiger partial charge in [-0.15, -0.1) is 0 Å². The fourth-order valence-corrected chi connectivity index (χ4v) is 2.82. The van der Waals surface area contributed by atoms with Crippen LogP contribution in [0, 0.1) is 12.7 Å². The molecular formula is C14H11Br2ClFN. The van der Waals surface area contributed by atoms with Crippen molar-refractivity contribution in [3.8, 4) is 0 Å². The fourth-order valence-electron chi connectivity index (χ4n) is 1.66. The van der Waals surface area contributed by atoms with Crippen LogP contribution in [-0.2, 0) is 6.54 Å². The van der Waals surface area contributed by atoms with Gasteiger partial charge in [-0.05, 0) is 68.1 Å². The lowest BCUT2D eigenvalue weighted by atomic mass is 10.2. The van der Waals surface area contributed by atoms with Crippen LogP contribution >= 0.6 is 43.5 Å². The predicted molar refractivity (Wildman–Crippen MR) is 85.3 cm³/mol. The van der Waals surface area contributed by atoms with Gasteiger partial charge in [0, 0.05) is 16.0 Å². The summed E-state index contributed by atoms with van der Waals surface area (Å²) in [6, 6.07) is 8.78. The van der Waals surface area contributed by atoms with Crippen LogP contribution < -0.4 is 5.32 Å². The molecule has 0 radical (unpaired) electrons. The van der Waals surface area contributed by atoms with Gasteiger partial charge in [0.2, 0.25) is 0 Å². The normalized spacial score (nSPS) is 10.6. The highest BCUT2D eigenvalue weighted by atomic mass is 79.9. The lowest BCUT2D eigenvalue weighted by Gasteiger charge is -2.12. The van der Waals surface area contributed by atoms with Gasteiger partial charge >= 0.3 is 0 Å². The van der Waals surface area contributed by atoms with Gasteiger partial charge in [-0.3, -0.25) is 0 Å². The molecule has 0 aliphatic heterocycles. The van der Waals surface area contributed by atoms with E-state index in [-0.39, 0.29) is 5.82 Å². The molecule has 1 nitrogen and oxygen atoms in total. The molecule has 0 aliphatic rings. The number of nitrogens with one attached hydrogen (secondary N) is 1. The topological polar surface area (TPSA) is 12.0 Å². The minimum Gasteiger partial charge on any atom is -0.380 e. The Bertz CT molecular complexity index is 617. The molecule has 19 heavy (non-hydrogen) atoms. The Balaban J connectivity index is 2.19. The van der Waals surface area contributed by atoms with E-state index in [1.807, 2.05) is 25.1 Å². The van der Waals surface area contributed by atoms with Gasteiger partial charge in [-0.1, -0.05) is 23.7 Å². The van der Waals surface area contributed by atoms with Gasteiger partial charge in [-0.2, -0.15) is 0 Å².